The smallest absolute Gasteiger partial charge is 0.308 e. The maximum Gasteiger partial charge on any atom is 0.308 e. The molecule has 5 heteroatoms. The molecule has 0 unspecified atom stereocenters. The predicted molar refractivity (Wildman–Crippen MR) is 98.8 cm³/mol. The van der Waals surface area contributed by atoms with E-state index in [4.69, 9.17) is 0 Å². The lowest BCUT2D eigenvalue weighted by Gasteiger charge is -2.43. The van der Waals surface area contributed by atoms with E-state index in [1.165, 1.54) is 12.1 Å². The van der Waals surface area contributed by atoms with Crippen LogP contribution in [0.4, 0.5) is 4.39 Å². The van der Waals surface area contributed by atoms with Gasteiger partial charge in [0.15, 0.2) is 0 Å². The fourth-order valence-electron chi connectivity index (χ4n) is 4.50. The number of rotatable bonds is 4. The molecule has 140 valence electrons. The number of halogens is 1. The Labute approximate surface area is 157 Å². The van der Waals surface area contributed by atoms with Gasteiger partial charge in [0.1, 0.15) is 5.82 Å². The Balaban J connectivity index is 1.63. The normalized spacial score (nSPS) is 23.7. The number of carbonyl (C=O) groups is 2. The molecule has 0 spiro atoms. The molecule has 2 aromatic rings. The molecule has 2 aromatic carbocycles. The molecular formula is C22H22FNO3. The van der Waals surface area contributed by atoms with E-state index in [0.29, 0.717) is 24.9 Å². The molecule has 1 aliphatic heterocycles. The number of hydrogen-bond acceptors (Lipinski definition) is 2. The SMILES string of the molecule is O=C(O)[C@@H]1CN(C(=O)C2(c3cccc(F)c3)CCC2)C[C@@H]1c1ccccc1. The summed E-state index contributed by atoms with van der Waals surface area (Å²) in [6.45, 7) is 0.585. The summed E-state index contributed by atoms with van der Waals surface area (Å²) in [6, 6.07) is 15.8. The van der Waals surface area contributed by atoms with Gasteiger partial charge in [0, 0.05) is 19.0 Å². The van der Waals surface area contributed by atoms with Gasteiger partial charge in [0.2, 0.25) is 5.91 Å². The lowest BCUT2D eigenvalue weighted by Crippen LogP contribution is -2.50. The predicted octanol–water partition coefficient (Wildman–Crippen LogP) is 3.57. The zero-order valence-corrected chi connectivity index (χ0v) is 15.0. The highest BCUT2D eigenvalue weighted by atomic mass is 19.1. The van der Waals surface area contributed by atoms with Gasteiger partial charge in [0.25, 0.3) is 0 Å². The molecular weight excluding hydrogens is 345 g/mol. The van der Waals surface area contributed by atoms with Gasteiger partial charge < -0.3 is 10.0 Å². The molecule has 2 aliphatic rings. The van der Waals surface area contributed by atoms with Crippen LogP contribution in [0.1, 0.15) is 36.3 Å². The fourth-order valence-corrected chi connectivity index (χ4v) is 4.50. The molecule has 1 heterocycles. The third-order valence-corrected chi connectivity index (χ3v) is 6.15. The number of carboxylic acid groups (broad SMARTS) is 1. The van der Waals surface area contributed by atoms with E-state index in [1.54, 1.807) is 17.0 Å². The van der Waals surface area contributed by atoms with E-state index in [-0.39, 0.29) is 24.2 Å². The van der Waals surface area contributed by atoms with Crippen LogP contribution in [0.3, 0.4) is 0 Å². The lowest BCUT2D eigenvalue weighted by molar-refractivity contribution is -0.143. The van der Waals surface area contributed by atoms with Crippen LogP contribution in [0.15, 0.2) is 54.6 Å². The van der Waals surface area contributed by atoms with Crippen molar-refractivity contribution >= 4 is 11.9 Å². The molecule has 2 fully saturated rings. The van der Waals surface area contributed by atoms with Crippen molar-refractivity contribution in [2.45, 2.75) is 30.6 Å². The molecule has 1 saturated heterocycles. The van der Waals surface area contributed by atoms with Crippen molar-refractivity contribution in [3.05, 3.63) is 71.5 Å². The van der Waals surface area contributed by atoms with Crippen LogP contribution in [0.5, 0.6) is 0 Å². The Kier molecular flexibility index (Phi) is 4.46. The zero-order valence-electron chi connectivity index (χ0n) is 15.0. The monoisotopic (exact) mass is 367 g/mol. The summed E-state index contributed by atoms with van der Waals surface area (Å²) in [5, 5.41) is 9.68. The molecule has 1 N–H and O–H groups in total. The van der Waals surface area contributed by atoms with E-state index in [1.807, 2.05) is 30.3 Å². The second kappa shape index (κ2) is 6.80. The van der Waals surface area contributed by atoms with Gasteiger partial charge in [0.05, 0.1) is 11.3 Å². The minimum absolute atomic E-state index is 0.0657. The summed E-state index contributed by atoms with van der Waals surface area (Å²) in [7, 11) is 0. The van der Waals surface area contributed by atoms with Gasteiger partial charge in [-0.3, -0.25) is 9.59 Å². The summed E-state index contributed by atoms with van der Waals surface area (Å²) in [6.07, 6.45) is 2.28. The van der Waals surface area contributed by atoms with Gasteiger partial charge in [-0.05, 0) is 36.1 Å². The minimum Gasteiger partial charge on any atom is -0.481 e. The maximum atomic E-state index is 13.7. The first kappa shape index (κ1) is 17.7. The van der Waals surface area contributed by atoms with Crippen LogP contribution in [0.2, 0.25) is 0 Å². The van der Waals surface area contributed by atoms with E-state index in [0.717, 1.165) is 12.0 Å². The van der Waals surface area contributed by atoms with Crippen LogP contribution < -0.4 is 0 Å². The van der Waals surface area contributed by atoms with Gasteiger partial charge in [-0.1, -0.05) is 48.9 Å². The first-order chi connectivity index (χ1) is 13.0. The van der Waals surface area contributed by atoms with Crippen molar-refractivity contribution in [2.24, 2.45) is 5.92 Å². The van der Waals surface area contributed by atoms with Crippen LogP contribution in [-0.4, -0.2) is 35.0 Å². The second-order valence-corrected chi connectivity index (χ2v) is 7.62. The van der Waals surface area contributed by atoms with Crippen LogP contribution >= 0.6 is 0 Å². The molecule has 2 atom stereocenters. The Morgan fingerprint density at radius 2 is 1.78 bits per heavy atom. The van der Waals surface area contributed by atoms with Gasteiger partial charge in [-0.2, -0.15) is 0 Å². The highest BCUT2D eigenvalue weighted by Gasteiger charge is 2.51. The third kappa shape index (κ3) is 3.01. The van der Waals surface area contributed by atoms with Gasteiger partial charge in [-0.15, -0.1) is 0 Å². The van der Waals surface area contributed by atoms with Crippen molar-refractivity contribution in [1.29, 1.82) is 0 Å². The molecule has 4 rings (SSSR count). The topological polar surface area (TPSA) is 57.6 Å². The summed E-state index contributed by atoms with van der Waals surface area (Å²) >= 11 is 0. The number of amides is 1. The van der Waals surface area contributed by atoms with E-state index >= 15 is 0 Å². The Morgan fingerprint density at radius 1 is 1.04 bits per heavy atom. The standard InChI is InChI=1S/C22H22FNO3/c23-17-9-4-8-16(12-17)22(10-5-11-22)21(27)24-13-18(19(14-24)20(25)26)15-6-2-1-3-7-15/h1-4,6-9,12,18-19H,5,10-11,13-14H2,(H,25,26)/t18-,19-/m1/s1. The summed E-state index contributed by atoms with van der Waals surface area (Å²) < 4.78 is 13.7. The lowest BCUT2D eigenvalue weighted by atomic mass is 9.63. The summed E-state index contributed by atoms with van der Waals surface area (Å²) in [5.74, 6) is -2.14. The Hall–Kier alpha value is -2.69. The maximum absolute atomic E-state index is 13.7. The fraction of sp³-hybridized carbons (Fsp3) is 0.364. The van der Waals surface area contributed by atoms with Crippen molar-refractivity contribution in [3.63, 3.8) is 0 Å². The second-order valence-electron chi connectivity index (χ2n) is 7.62. The van der Waals surface area contributed by atoms with Crippen LogP contribution in [0, 0.1) is 11.7 Å². The van der Waals surface area contributed by atoms with Crippen molar-refractivity contribution < 1.29 is 19.1 Å². The zero-order chi connectivity index (χ0) is 19.0. The number of carboxylic acids is 1. The van der Waals surface area contributed by atoms with Crippen LogP contribution in [-0.2, 0) is 15.0 Å². The van der Waals surface area contributed by atoms with Gasteiger partial charge in [-0.25, -0.2) is 4.39 Å². The van der Waals surface area contributed by atoms with Gasteiger partial charge >= 0.3 is 5.97 Å². The number of hydrogen-bond donors (Lipinski definition) is 1. The Bertz CT molecular complexity index is 863. The Morgan fingerprint density at radius 3 is 2.37 bits per heavy atom. The quantitative estimate of drug-likeness (QED) is 0.899. The number of aliphatic carboxylic acids is 1. The first-order valence-corrected chi connectivity index (χ1v) is 9.34. The molecule has 1 amide bonds. The third-order valence-electron chi connectivity index (χ3n) is 6.15. The number of benzene rings is 2. The van der Waals surface area contributed by atoms with E-state index in [9.17, 15) is 19.1 Å². The molecule has 27 heavy (non-hydrogen) atoms. The van der Waals surface area contributed by atoms with E-state index in [2.05, 4.69) is 0 Å². The first-order valence-electron chi connectivity index (χ1n) is 9.34. The summed E-state index contributed by atoms with van der Waals surface area (Å²) in [4.78, 5) is 26.9. The summed E-state index contributed by atoms with van der Waals surface area (Å²) in [5.41, 5.74) is 0.930. The largest absolute Gasteiger partial charge is 0.481 e. The molecule has 0 radical (unpaired) electrons. The minimum atomic E-state index is -0.882. The molecule has 1 aliphatic carbocycles. The van der Waals surface area contributed by atoms with Crippen LogP contribution in [0.25, 0.3) is 0 Å². The van der Waals surface area contributed by atoms with Crippen molar-refractivity contribution in [2.75, 3.05) is 13.1 Å². The average Bonchev–Trinajstić information content (AvgIpc) is 3.07. The highest BCUT2D eigenvalue weighted by Crippen LogP contribution is 2.47. The van der Waals surface area contributed by atoms with E-state index < -0.39 is 17.3 Å². The van der Waals surface area contributed by atoms with Crippen molar-refractivity contribution in [3.8, 4) is 0 Å². The molecule has 0 aromatic heterocycles. The van der Waals surface area contributed by atoms with Crippen molar-refractivity contribution in [1.82, 2.24) is 4.90 Å². The number of nitrogens with zero attached hydrogens (tertiary/aromatic N) is 1. The molecule has 4 nitrogen and oxygen atoms in total. The number of likely N-dealkylation sites (tertiary alicyclic amines) is 1. The number of carbonyl (C=O) groups excluding carboxylic acids is 1. The molecule has 1 saturated carbocycles. The highest BCUT2D eigenvalue weighted by molar-refractivity contribution is 5.90. The average molecular weight is 367 g/mol. The molecule has 0 bridgehead atoms.